The second-order valence-electron chi connectivity index (χ2n) is 6.45. The molecule has 1 saturated heterocycles. The lowest BCUT2D eigenvalue weighted by atomic mass is 9.98. The number of aryl methyl sites for hydroxylation is 1. The first-order valence-electron chi connectivity index (χ1n) is 8.14. The van der Waals surface area contributed by atoms with Crippen molar-refractivity contribution < 1.29 is 9.59 Å². The second-order valence-corrected chi connectivity index (χ2v) is 6.45. The molecule has 6 heteroatoms. The zero-order valence-corrected chi connectivity index (χ0v) is 14.2. The van der Waals surface area contributed by atoms with Crippen molar-refractivity contribution in [3.63, 3.8) is 0 Å². The summed E-state index contributed by atoms with van der Waals surface area (Å²) in [7, 11) is 1.93. The zero-order valence-electron chi connectivity index (χ0n) is 14.2. The number of hydrogen-bond acceptors (Lipinski definition) is 3. The molecule has 1 unspecified atom stereocenters. The van der Waals surface area contributed by atoms with Crippen molar-refractivity contribution >= 4 is 11.8 Å². The molecule has 0 bridgehead atoms. The van der Waals surface area contributed by atoms with E-state index < -0.39 is 6.04 Å². The molecule has 2 heterocycles. The van der Waals surface area contributed by atoms with Gasteiger partial charge in [0.1, 0.15) is 6.04 Å². The van der Waals surface area contributed by atoms with E-state index in [2.05, 4.69) is 10.3 Å². The molecule has 1 N–H and O–H groups in total. The number of amides is 2. The Bertz CT molecular complexity index is 749. The van der Waals surface area contributed by atoms with E-state index in [1.54, 1.807) is 17.4 Å². The van der Waals surface area contributed by atoms with E-state index in [-0.39, 0.29) is 17.7 Å². The van der Waals surface area contributed by atoms with Crippen LogP contribution in [0, 0.1) is 5.92 Å². The van der Waals surface area contributed by atoms with E-state index in [0.29, 0.717) is 18.7 Å². The zero-order chi connectivity index (χ0) is 17.3. The van der Waals surface area contributed by atoms with Crippen molar-refractivity contribution in [2.75, 3.05) is 13.1 Å². The molecule has 126 valence electrons. The Hall–Kier alpha value is -2.63. The SMILES string of the molecule is CC(C)C1C(=O)NCCN1C(=O)c1ccc(-c2cncn2C)cc1. The summed E-state index contributed by atoms with van der Waals surface area (Å²) in [5.41, 5.74) is 2.59. The number of hydrogen-bond donors (Lipinski definition) is 1. The van der Waals surface area contributed by atoms with Gasteiger partial charge >= 0.3 is 0 Å². The number of carbonyl (C=O) groups is 2. The molecule has 24 heavy (non-hydrogen) atoms. The molecule has 3 rings (SSSR count). The molecule has 6 nitrogen and oxygen atoms in total. The fourth-order valence-electron chi connectivity index (χ4n) is 3.16. The molecule has 1 aromatic carbocycles. The molecule has 0 radical (unpaired) electrons. The van der Waals surface area contributed by atoms with Crippen molar-refractivity contribution in [2.45, 2.75) is 19.9 Å². The Balaban J connectivity index is 1.84. The number of benzene rings is 1. The third kappa shape index (κ3) is 2.91. The van der Waals surface area contributed by atoms with E-state index in [4.69, 9.17) is 0 Å². The summed E-state index contributed by atoms with van der Waals surface area (Å²) in [4.78, 5) is 30.8. The van der Waals surface area contributed by atoms with Gasteiger partial charge in [-0.25, -0.2) is 4.98 Å². The molecule has 0 saturated carbocycles. The van der Waals surface area contributed by atoms with Gasteiger partial charge in [-0.15, -0.1) is 0 Å². The lowest BCUT2D eigenvalue weighted by Crippen LogP contribution is -2.59. The summed E-state index contributed by atoms with van der Waals surface area (Å²) in [6, 6.07) is 7.04. The molecule has 1 atom stereocenters. The van der Waals surface area contributed by atoms with Crippen LogP contribution in [-0.4, -0.2) is 45.4 Å². The van der Waals surface area contributed by atoms with Gasteiger partial charge in [-0.2, -0.15) is 0 Å². The summed E-state index contributed by atoms with van der Waals surface area (Å²) in [5.74, 6) is -0.0980. The van der Waals surface area contributed by atoms with Crippen LogP contribution in [0.15, 0.2) is 36.8 Å². The fourth-order valence-corrected chi connectivity index (χ4v) is 3.16. The van der Waals surface area contributed by atoms with Crippen molar-refractivity contribution in [1.29, 1.82) is 0 Å². The van der Waals surface area contributed by atoms with Gasteiger partial charge in [0.15, 0.2) is 0 Å². The second kappa shape index (κ2) is 6.47. The maximum absolute atomic E-state index is 12.9. The van der Waals surface area contributed by atoms with Gasteiger partial charge in [-0.1, -0.05) is 26.0 Å². The van der Waals surface area contributed by atoms with Gasteiger partial charge in [0.05, 0.1) is 18.2 Å². The van der Waals surface area contributed by atoms with Crippen LogP contribution in [0.3, 0.4) is 0 Å². The maximum Gasteiger partial charge on any atom is 0.254 e. The van der Waals surface area contributed by atoms with E-state index in [1.165, 1.54) is 0 Å². The summed E-state index contributed by atoms with van der Waals surface area (Å²) in [6.45, 7) is 4.96. The Morgan fingerprint density at radius 2 is 2.00 bits per heavy atom. The highest BCUT2D eigenvalue weighted by atomic mass is 16.2. The van der Waals surface area contributed by atoms with Crippen LogP contribution in [0.4, 0.5) is 0 Å². The van der Waals surface area contributed by atoms with Crippen molar-refractivity contribution in [3.8, 4) is 11.3 Å². The minimum atomic E-state index is -0.414. The normalized spacial score (nSPS) is 17.9. The van der Waals surface area contributed by atoms with Gasteiger partial charge < -0.3 is 14.8 Å². The minimum Gasteiger partial charge on any atom is -0.353 e. The van der Waals surface area contributed by atoms with Crippen LogP contribution in [0.2, 0.25) is 0 Å². The van der Waals surface area contributed by atoms with Crippen LogP contribution in [-0.2, 0) is 11.8 Å². The molecule has 1 aliphatic rings. The summed E-state index contributed by atoms with van der Waals surface area (Å²) in [5, 5.41) is 2.84. The molecule has 2 aromatic rings. The number of carbonyl (C=O) groups excluding carboxylic acids is 2. The number of nitrogens with zero attached hydrogens (tertiary/aromatic N) is 3. The minimum absolute atomic E-state index is 0.0722. The lowest BCUT2D eigenvalue weighted by molar-refractivity contribution is -0.129. The molecule has 0 spiro atoms. The summed E-state index contributed by atoms with van der Waals surface area (Å²) in [6.07, 6.45) is 3.54. The van der Waals surface area contributed by atoms with Gasteiger partial charge in [0.2, 0.25) is 5.91 Å². The van der Waals surface area contributed by atoms with Gasteiger partial charge in [0, 0.05) is 25.7 Å². The molecule has 0 aliphatic carbocycles. The lowest BCUT2D eigenvalue weighted by Gasteiger charge is -2.37. The van der Waals surface area contributed by atoms with Gasteiger partial charge in [-0.3, -0.25) is 9.59 Å². The summed E-state index contributed by atoms with van der Waals surface area (Å²) >= 11 is 0. The predicted octanol–water partition coefficient (Wildman–Crippen LogP) is 1.68. The first kappa shape index (κ1) is 16.2. The third-order valence-corrected chi connectivity index (χ3v) is 4.39. The molecule has 1 aliphatic heterocycles. The molecular weight excluding hydrogens is 304 g/mol. The van der Waals surface area contributed by atoms with Crippen molar-refractivity contribution in [1.82, 2.24) is 19.8 Å². The number of aromatic nitrogens is 2. The van der Waals surface area contributed by atoms with Crippen LogP contribution in [0.1, 0.15) is 24.2 Å². The van der Waals surface area contributed by atoms with Crippen molar-refractivity contribution in [3.05, 3.63) is 42.4 Å². The monoisotopic (exact) mass is 326 g/mol. The van der Waals surface area contributed by atoms with Crippen LogP contribution in [0.25, 0.3) is 11.3 Å². The average Bonchev–Trinajstić information content (AvgIpc) is 3.00. The van der Waals surface area contributed by atoms with Crippen molar-refractivity contribution in [2.24, 2.45) is 13.0 Å². The van der Waals surface area contributed by atoms with E-state index in [9.17, 15) is 9.59 Å². The first-order chi connectivity index (χ1) is 11.5. The van der Waals surface area contributed by atoms with E-state index in [1.807, 2.05) is 49.7 Å². The predicted molar refractivity (Wildman–Crippen MR) is 91.3 cm³/mol. The topological polar surface area (TPSA) is 67.2 Å². The number of imidazole rings is 1. The van der Waals surface area contributed by atoms with E-state index >= 15 is 0 Å². The average molecular weight is 326 g/mol. The maximum atomic E-state index is 12.9. The summed E-state index contributed by atoms with van der Waals surface area (Å²) < 4.78 is 1.93. The highest BCUT2D eigenvalue weighted by molar-refractivity contribution is 5.98. The van der Waals surface area contributed by atoms with E-state index in [0.717, 1.165) is 11.3 Å². The number of piperazine rings is 1. The van der Waals surface area contributed by atoms with Crippen LogP contribution < -0.4 is 5.32 Å². The standard InChI is InChI=1S/C18H22N4O2/c1-12(2)16-17(23)20-8-9-22(16)18(24)14-6-4-13(5-7-14)15-10-19-11-21(15)3/h4-7,10-12,16H,8-9H2,1-3H3,(H,20,23). The highest BCUT2D eigenvalue weighted by Crippen LogP contribution is 2.21. The molecular formula is C18H22N4O2. The number of nitrogens with one attached hydrogen (secondary N) is 1. The Kier molecular flexibility index (Phi) is 4.38. The first-order valence-corrected chi connectivity index (χ1v) is 8.14. The van der Waals surface area contributed by atoms with Crippen LogP contribution >= 0.6 is 0 Å². The highest BCUT2D eigenvalue weighted by Gasteiger charge is 2.35. The fraction of sp³-hybridized carbons (Fsp3) is 0.389. The smallest absolute Gasteiger partial charge is 0.254 e. The number of rotatable bonds is 3. The van der Waals surface area contributed by atoms with Gasteiger partial charge in [-0.05, 0) is 23.6 Å². The molecule has 2 amide bonds. The Morgan fingerprint density at radius 3 is 2.58 bits per heavy atom. The third-order valence-electron chi connectivity index (χ3n) is 4.39. The Morgan fingerprint density at radius 1 is 1.29 bits per heavy atom. The molecule has 1 aromatic heterocycles. The van der Waals surface area contributed by atoms with Gasteiger partial charge in [0.25, 0.3) is 5.91 Å². The quantitative estimate of drug-likeness (QED) is 0.933. The van der Waals surface area contributed by atoms with Crippen LogP contribution in [0.5, 0.6) is 0 Å². The largest absolute Gasteiger partial charge is 0.353 e. The molecule has 1 fully saturated rings. The Labute approximate surface area is 141 Å².